The molecule has 1 aromatic carbocycles. The van der Waals surface area contributed by atoms with Gasteiger partial charge >= 0.3 is 0 Å². The Labute approximate surface area is 136 Å². The van der Waals surface area contributed by atoms with Gasteiger partial charge in [-0.1, -0.05) is 36.4 Å². The standard InChI is InChI=1S/C17H13N3S2/c18-15(13-7-4-8-21-13)16-14-12(11-5-2-1-3-6-11)9-22-17(14)20-10-19-16/h1-10,15H,18H2. The van der Waals surface area contributed by atoms with E-state index in [1.54, 1.807) is 29.0 Å². The van der Waals surface area contributed by atoms with E-state index in [1.165, 1.54) is 5.56 Å². The predicted octanol–water partition coefficient (Wildman–Crippen LogP) is 4.47. The average Bonchev–Trinajstić information content (AvgIpc) is 3.24. The Bertz CT molecular complexity index is 898. The molecule has 2 N–H and O–H groups in total. The molecule has 4 rings (SSSR count). The van der Waals surface area contributed by atoms with Crippen molar-refractivity contribution in [1.29, 1.82) is 0 Å². The van der Waals surface area contributed by atoms with Gasteiger partial charge in [-0.15, -0.1) is 22.7 Å². The fourth-order valence-electron chi connectivity index (χ4n) is 2.57. The maximum atomic E-state index is 6.46. The zero-order chi connectivity index (χ0) is 14.9. The van der Waals surface area contributed by atoms with Gasteiger partial charge in [0.25, 0.3) is 0 Å². The van der Waals surface area contributed by atoms with E-state index in [0.717, 1.165) is 26.4 Å². The number of benzene rings is 1. The van der Waals surface area contributed by atoms with E-state index in [0.29, 0.717) is 0 Å². The van der Waals surface area contributed by atoms with Crippen LogP contribution >= 0.6 is 22.7 Å². The second-order valence-corrected chi connectivity index (χ2v) is 6.78. The van der Waals surface area contributed by atoms with Crippen LogP contribution in [0.15, 0.2) is 59.6 Å². The molecule has 1 atom stereocenters. The third kappa shape index (κ3) is 2.23. The summed E-state index contributed by atoms with van der Waals surface area (Å²) >= 11 is 3.29. The number of rotatable bonds is 3. The molecule has 1 unspecified atom stereocenters. The molecule has 3 aromatic heterocycles. The van der Waals surface area contributed by atoms with Crippen LogP contribution in [0.2, 0.25) is 0 Å². The van der Waals surface area contributed by atoms with Crippen LogP contribution in [0, 0.1) is 0 Å². The molecule has 0 saturated carbocycles. The highest BCUT2D eigenvalue weighted by molar-refractivity contribution is 7.17. The van der Waals surface area contributed by atoms with E-state index < -0.39 is 0 Å². The van der Waals surface area contributed by atoms with Gasteiger partial charge in [-0.25, -0.2) is 9.97 Å². The van der Waals surface area contributed by atoms with Gasteiger partial charge in [-0.05, 0) is 17.0 Å². The van der Waals surface area contributed by atoms with Crippen LogP contribution in [-0.4, -0.2) is 9.97 Å². The van der Waals surface area contributed by atoms with Gasteiger partial charge in [-0.3, -0.25) is 0 Å². The largest absolute Gasteiger partial charge is 0.318 e. The van der Waals surface area contributed by atoms with Crippen molar-refractivity contribution in [2.24, 2.45) is 5.73 Å². The van der Waals surface area contributed by atoms with Crippen molar-refractivity contribution in [2.45, 2.75) is 6.04 Å². The van der Waals surface area contributed by atoms with Crippen molar-refractivity contribution < 1.29 is 0 Å². The topological polar surface area (TPSA) is 51.8 Å². The molecule has 0 aliphatic carbocycles. The summed E-state index contributed by atoms with van der Waals surface area (Å²) in [7, 11) is 0. The van der Waals surface area contributed by atoms with Crippen LogP contribution in [0.3, 0.4) is 0 Å². The molecule has 0 saturated heterocycles. The summed E-state index contributed by atoms with van der Waals surface area (Å²) in [5, 5.41) is 5.25. The van der Waals surface area contributed by atoms with E-state index in [9.17, 15) is 0 Å². The first kappa shape index (κ1) is 13.6. The molecule has 0 amide bonds. The van der Waals surface area contributed by atoms with Gasteiger partial charge in [0.2, 0.25) is 0 Å². The molecule has 4 aromatic rings. The summed E-state index contributed by atoms with van der Waals surface area (Å²) in [4.78, 5) is 11.0. The summed E-state index contributed by atoms with van der Waals surface area (Å²) in [6.07, 6.45) is 1.61. The van der Waals surface area contributed by atoms with Crippen molar-refractivity contribution in [3.63, 3.8) is 0 Å². The van der Waals surface area contributed by atoms with Gasteiger partial charge in [0.15, 0.2) is 0 Å². The van der Waals surface area contributed by atoms with Crippen molar-refractivity contribution in [3.05, 3.63) is 70.1 Å². The molecule has 22 heavy (non-hydrogen) atoms. The summed E-state index contributed by atoms with van der Waals surface area (Å²) < 4.78 is 0. The number of nitrogens with zero attached hydrogens (tertiary/aromatic N) is 2. The van der Waals surface area contributed by atoms with Crippen LogP contribution < -0.4 is 5.73 Å². The molecule has 0 radical (unpaired) electrons. The lowest BCUT2D eigenvalue weighted by Crippen LogP contribution is -2.12. The number of hydrogen-bond acceptors (Lipinski definition) is 5. The maximum absolute atomic E-state index is 6.46. The lowest BCUT2D eigenvalue weighted by atomic mass is 10.0. The zero-order valence-corrected chi connectivity index (χ0v) is 13.3. The predicted molar refractivity (Wildman–Crippen MR) is 93.2 cm³/mol. The molecule has 0 spiro atoms. The van der Waals surface area contributed by atoms with E-state index in [2.05, 4.69) is 33.5 Å². The molecule has 0 bridgehead atoms. The molecule has 0 fully saturated rings. The van der Waals surface area contributed by atoms with Gasteiger partial charge in [0.05, 0.1) is 11.7 Å². The first-order valence-electron chi connectivity index (χ1n) is 6.91. The highest BCUT2D eigenvalue weighted by Crippen LogP contribution is 2.37. The van der Waals surface area contributed by atoms with Gasteiger partial charge in [0, 0.05) is 21.2 Å². The van der Waals surface area contributed by atoms with E-state index in [-0.39, 0.29) is 6.04 Å². The Balaban J connectivity index is 1.94. The highest BCUT2D eigenvalue weighted by atomic mass is 32.1. The number of aromatic nitrogens is 2. The van der Waals surface area contributed by atoms with E-state index in [1.807, 2.05) is 29.6 Å². The zero-order valence-electron chi connectivity index (χ0n) is 11.6. The number of nitrogens with two attached hydrogens (primary N) is 1. The van der Waals surface area contributed by atoms with E-state index >= 15 is 0 Å². The van der Waals surface area contributed by atoms with Crippen LogP contribution in [0.25, 0.3) is 21.3 Å². The molecule has 0 aliphatic heterocycles. The van der Waals surface area contributed by atoms with Crippen molar-refractivity contribution in [2.75, 3.05) is 0 Å². The molecule has 108 valence electrons. The number of hydrogen-bond donors (Lipinski definition) is 1. The Kier molecular flexibility index (Phi) is 3.46. The third-order valence-corrected chi connectivity index (χ3v) is 5.47. The molecule has 3 nitrogen and oxygen atoms in total. The fourth-order valence-corrected chi connectivity index (χ4v) is 4.22. The quantitative estimate of drug-likeness (QED) is 0.605. The lowest BCUT2D eigenvalue weighted by molar-refractivity contribution is 0.853. The highest BCUT2D eigenvalue weighted by Gasteiger charge is 2.19. The Morgan fingerprint density at radius 2 is 1.82 bits per heavy atom. The Morgan fingerprint density at radius 1 is 0.955 bits per heavy atom. The summed E-state index contributed by atoms with van der Waals surface area (Å²) in [6.45, 7) is 0. The third-order valence-electron chi connectivity index (χ3n) is 3.63. The minimum Gasteiger partial charge on any atom is -0.318 e. The second-order valence-electron chi connectivity index (χ2n) is 4.95. The van der Waals surface area contributed by atoms with Crippen LogP contribution in [0.5, 0.6) is 0 Å². The molecular weight excluding hydrogens is 310 g/mol. The molecule has 0 aliphatic rings. The van der Waals surface area contributed by atoms with Crippen LogP contribution in [0.4, 0.5) is 0 Å². The monoisotopic (exact) mass is 323 g/mol. The lowest BCUT2D eigenvalue weighted by Gasteiger charge is -2.11. The number of fused-ring (bicyclic) bond motifs is 1. The fraction of sp³-hybridized carbons (Fsp3) is 0.0588. The SMILES string of the molecule is NC(c1cccs1)c1ncnc2scc(-c3ccccc3)c12. The summed E-state index contributed by atoms with van der Waals surface area (Å²) in [5.74, 6) is 0. The van der Waals surface area contributed by atoms with Crippen LogP contribution in [0.1, 0.15) is 16.6 Å². The first-order chi connectivity index (χ1) is 10.8. The average molecular weight is 323 g/mol. The molecule has 5 heteroatoms. The Morgan fingerprint density at radius 3 is 2.59 bits per heavy atom. The van der Waals surface area contributed by atoms with E-state index in [4.69, 9.17) is 5.73 Å². The van der Waals surface area contributed by atoms with Crippen molar-refractivity contribution in [3.8, 4) is 11.1 Å². The van der Waals surface area contributed by atoms with Gasteiger partial charge in [0.1, 0.15) is 11.2 Å². The maximum Gasteiger partial charge on any atom is 0.127 e. The second kappa shape index (κ2) is 5.61. The molecule has 3 heterocycles. The summed E-state index contributed by atoms with van der Waals surface area (Å²) in [5.41, 5.74) is 9.68. The van der Waals surface area contributed by atoms with Crippen molar-refractivity contribution >= 4 is 32.9 Å². The normalized spacial score (nSPS) is 12.6. The number of thiophene rings is 2. The van der Waals surface area contributed by atoms with Gasteiger partial charge in [-0.2, -0.15) is 0 Å². The Hall–Kier alpha value is -2.08. The minimum absolute atomic E-state index is 0.220. The first-order valence-corrected chi connectivity index (χ1v) is 8.67. The minimum atomic E-state index is -0.220. The van der Waals surface area contributed by atoms with Gasteiger partial charge < -0.3 is 5.73 Å². The summed E-state index contributed by atoms with van der Waals surface area (Å²) in [6, 6.07) is 14.2. The van der Waals surface area contributed by atoms with Crippen molar-refractivity contribution in [1.82, 2.24) is 9.97 Å². The smallest absolute Gasteiger partial charge is 0.127 e. The van der Waals surface area contributed by atoms with Crippen LogP contribution in [-0.2, 0) is 0 Å². The molecular formula is C17H13N3S2.